The van der Waals surface area contributed by atoms with E-state index in [1.54, 1.807) is 19.9 Å². The molecule has 0 amide bonds. The second-order valence-corrected chi connectivity index (χ2v) is 6.16. The molecule has 1 aromatic rings. The van der Waals surface area contributed by atoms with Crippen LogP contribution >= 0.6 is 15.9 Å². The van der Waals surface area contributed by atoms with Crippen LogP contribution in [0.2, 0.25) is 0 Å². The summed E-state index contributed by atoms with van der Waals surface area (Å²) < 4.78 is 38.6. The first kappa shape index (κ1) is 17.3. The van der Waals surface area contributed by atoms with Gasteiger partial charge in [0, 0.05) is 16.6 Å². The Bertz CT molecular complexity index is 445. The van der Waals surface area contributed by atoms with Crippen LogP contribution in [0.15, 0.2) is 22.7 Å². The average Bonchev–Trinajstić information content (AvgIpc) is 2.24. The Morgan fingerprint density at radius 2 is 1.85 bits per heavy atom. The summed E-state index contributed by atoms with van der Waals surface area (Å²) in [6.45, 7) is 4.42. The smallest absolute Gasteiger partial charge is 0.359 e. The molecule has 0 spiro atoms. The zero-order valence-electron chi connectivity index (χ0n) is 11.8. The van der Waals surface area contributed by atoms with Crippen LogP contribution in [0, 0.1) is 0 Å². The minimum Gasteiger partial charge on any atom is -0.359 e. The molecule has 0 fully saturated rings. The fourth-order valence-electron chi connectivity index (χ4n) is 2.02. The van der Waals surface area contributed by atoms with Gasteiger partial charge in [0.2, 0.25) is 0 Å². The van der Waals surface area contributed by atoms with Gasteiger partial charge in [0.25, 0.3) is 0 Å². The van der Waals surface area contributed by atoms with Crippen LogP contribution in [-0.4, -0.2) is 24.8 Å². The number of nitrogens with zero attached hydrogens (tertiary/aromatic N) is 1. The van der Waals surface area contributed by atoms with E-state index in [9.17, 15) is 13.2 Å². The molecule has 1 rings (SSSR count). The monoisotopic (exact) mass is 352 g/mol. The molecule has 1 atom stereocenters. The first-order valence-corrected chi connectivity index (χ1v) is 7.27. The molecule has 0 bridgehead atoms. The van der Waals surface area contributed by atoms with Crippen molar-refractivity contribution in [1.82, 2.24) is 0 Å². The van der Waals surface area contributed by atoms with E-state index in [2.05, 4.69) is 15.9 Å². The molecule has 0 saturated carbocycles. The van der Waals surface area contributed by atoms with Gasteiger partial charge in [-0.1, -0.05) is 6.07 Å². The lowest BCUT2D eigenvalue weighted by atomic mass is 10.1. The molecule has 0 aromatic heterocycles. The minimum absolute atomic E-state index is 0.0177. The van der Waals surface area contributed by atoms with Gasteiger partial charge in [-0.3, -0.25) is 0 Å². The largest absolute Gasteiger partial charge is 0.405 e. The van der Waals surface area contributed by atoms with Gasteiger partial charge in [0.1, 0.15) is 6.54 Å². The summed E-state index contributed by atoms with van der Waals surface area (Å²) in [7, 11) is 0. The summed E-state index contributed by atoms with van der Waals surface area (Å²) in [6.07, 6.45) is -3.53. The average molecular weight is 353 g/mol. The molecule has 2 N–H and O–H groups in total. The molecule has 1 unspecified atom stereocenters. The fourth-order valence-corrected chi connectivity index (χ4v) is 2.68. The number of halogens is 4. The Morgan fingerprint density at radius 3 is 2.25 bits per heavy atom. The van der Waals surface area contributed by atoms with Gasteiger partial charge < -0.3 is 10.6 Å². The maximum absolute atomic E-state index is 12.7. The highest BCUT2D eigenvalue weighted by molar-refractivity contribution is 9.10. The SMILES string of the molecule is CC(N)Cc1ccc(N(CC(F)(F)F)C(C)C)c(Br)c1. The first-order chi connectivity index (χ1) is 9.10. The Labute approximate surface area is 126 Å². The quantitative estimate of drug-likeness (QED) is 0.863. The van der Waals surface area contributed by atoms with Crippen molar-refractivity contribution in [2.45, 2.75) is 45.5 Å². The van der Waals surface area contributed by atoms with Gasteiger partial charge in [0.15, 0.2) is 0 Å². The Kier molecular flexibility index (Phi) is 5.89. The molecule has 20 heavy (non-hydrogen) atoms. The second-order valence-electron chi connectivity index (χ2n) is 5.30. The standard InChI is InChI=1S/C14H20BrF3N2/c1-9(2)20(8-14(16,17)18)13-5-4-11(6-10(3)19)7-12(13)15/h4-5,7,9-10H,6,8,19H2,1-3H3. The van der Waals surface area contributed by atoms with Gasteiger partial charge in [-0.05, 0) is 60.8 Å². The van der Waals surface area contributed by atoms with Crippen LogP contribution in [0.25, 0.3) is 0 Å². The molecular weight excluding hydrogens is 333 g/mol. The number of rotatable bonds is 5. The first-order valence-electron chi connectivity index (χ1n) is 6.47. The normalized spacial score (nSPS) is 13.7. The third-order valence-electron chi connectivity index (χ3n) is 2.85. The highest BCUT2D eigenvalue weighted by atomic mass is 79.9. The summed E-state index contributed by atoms with van der Waals surface area (Å²) in [5, 5.41) is 0. The number of anilines is 1. The summed E-state index contributed by atoms with van der Waals surface area (Å²) in [6, 6.07) is 5.16. The van der Waals surface area contributed by atoms with Crippen molar-refractivity contribution in [2.24, 2.45) is 5.73 Å². The van der Waals surface area contributed by atoms with Gasteiger partial charge >= 0.3 is 6.18 Å². The number of benzene rings is 1. The van der Waals surface area contributed by atoms with Gasteiger partial charge in [-0.15, -0.1) is 0 Å². The molecule has 0 aliphatic heterocycles. The van der Waals surface area contributed by atoms with Crippen LogP contribution < -0.4 is 10.6 Å². The van der Waals surface area contributed by atoms with Crippen molar-refractivity contribution in [1.29, 1.82) is 0 Å². The third-order valence-corrected chi connectivity index (χ3v) is 3.49. The molecule has 1 aromatic carbocycles. The lowest BCUT2D eigenvalue weighted by Crippen LogP contribution is -2.39. The van der Waals surface area contributed by atoms with Crippen molar-refractivity contribution in [3.63, 3.8) is 0 Å². The van der Waals surface area contributed by atoms with Crippen LogP contribution in [0.4, 0.5) is 18.9 Å². The zero-order chi connectivity index (χ0) is 15.5. The maximum atomic E-state index is 12.7. The fraction of sp³-hybridized carbons (Fsp3) is 0.571. The molecule has 0 heterocycles. The molecule has 0 aliphatic carbocycles. The van der Waals surface area contributed by atoms with Crippen molar-refractivity contribution >= 4 is 21.6 Å². The van der Waals surface area contributed by atoms with E-state index in [0.717, 1.165) is 5.56 Å². The van der Waals surface area contributed by atoms with Crippen LogP contribution in [-0.2, 0) is 6.42 Å². The van der Waals surface area contributed by atoms with E-state index in [1.165, 1.54) is 4.90 Å². The van der Waals surface area contributed by atoms with Gasteiger partial charge in [0.05, 0.1) is 5.69 Å². The molecule has 114 valence electrons. The zero-order valence-corrected chi connectivity index (χ0v) is 13.4. The topological polar surface area (TPSA) is 29.3 Å². The highest BCUT2D eigenvalue weighted by Gasteiger charge is 2.32. The molecule has 2 nitrogen and oxygen atoms in total. The van der Waals surface area contributed by atoms with Crippen LogP contribution in [0.3, 0.4) is 0 Å². The number of alkyl halides is 3. The van der Waals surface area contributed by atoms with Gasteiger partial charge in [-0.2, -0.15) is 13.2 Å². The van der Waals surface area contributed by atoms with Gasteiger partial charge in [-0.25, -0.2) is 0 Å². The Morgan fingerprint density at radius 1 is 1.25 bits per heavy atom. The van der Waals surface area contributed by atoms with Crippen molar-refractivity contribution < 1.29 is 13.2 Å². The molecular formula is C14H20BrF3N2. The molecule has 0 saturated heterocycles. The van der Waals surface area contributed by atoms with E-state index in [4.69, 9.17) is 5.73 Å². The lowest BCUT2D eigenvalue weighted by molar-refractivity contribution is -0.120. The van der Waals surface area contributed by atoms with E-state index in [0.29, 0.717) is 16.6 Å². The third kappa shape index (κ3) is 5.32. The molecule has 0 radical (unpaired) electrons. The Balaban J connectivity index is 3.03. The van der Waals surface area contributed by atoms with Crippen molar-refractivity contribution in [2.75, 3.05) is 11.4 Å². The number of hydrogen-bond acceptors (Lipinski definition) is 2. The van der Waals surface area contributed by atoms with Crippen molar-refractivity contribution in [3.05, 3.63) is 28.2 Å². The summed E-state index contributed by atoms with van der Waals surface area (Å²) in [5.41, 5.74) is 7.28. The lowest BCUT2D eigenvalue weighted by Gasteiger charge is -2.31. The summed E-state index contributed by atoms with van der Waals surface area (Å²) in [5.74, 6) is 0. The van der Waals surface area contributed by atoms with Crippen molar-refractivity contribution in [3.8, 4) is 0 Å². The second kappa shape index (κ2) is 6.80. The van der Waals surface area contributed by atoms with Crippen LogP contribution in [0.1, 0.15) is 26.3 Å². The Hall–Kier alpha value is -0.750. The van der Waals surface area contributed by atoms with E-state index in [1.807, 2.05) is 19.1 Å². The summed E-state index contributed by atoms with van der Waals surface area (Å²) in [4.78, 5) is 1.33. The van der Waals surface area contributed by atoms with Crippen LogP contribution in [0.5, 0.6) is 0 Å². The molecule has 6 heteroatoms. The predicted molar refractivity (Wildman–Crippen MR) is 80.0 cm³/mol. The maximum Gasteiger partial charge on any atom is 0.405 e. The van der Waals surface area contributed by atoms with E-state index >= 15 is 0 Å². The van der Waals surface area contributed by atoms with E-state index < -0.39 is 12.7 Å². The molecule has 0 aliphatic rings. The van der Waals surface area contributed by atoms with E-state index in [-0.39, 0.29) is 12.1 Å². The minimum atomic E-state index is -4.23. The predicted octanol–water partition coefficient (Wildman–Crippen LogP) is 4.12. The summed E-state index contributed by atoms with van der Waals surface area (Å²) >= 11 is 3.36. The highest BCUT2D eigenvalue weighted by Crippen LogP contribution is 2.31. The number of hydrogen-bond donors (Lipinski definition) is 1. The number of nitrogens with two attached hydrogens (primary N) is 1.